The number of anilines is 1. The van der Waals surface area contributed by atoms with Crippen molar-refractivity contribution in [3.63, 3.8) is 0 Å². The molecular weight excluding hydrogens is 350 g/mol. The molecule has 0 bridgehead atoms. The number of carbonyl (C=O) groups is 1. The lowest BCUT2D eigenvalue weighted by molar-refractivity contribution is 0.268. The lowest BCUT2D eigenvalue weighted by Gasteiger charge is -2.14. The van der Waals surface area contributed by atoms with Gasteiger partial charge in [0, 0.05) is 5.56 Å². The summed E-state index contributed by atoms with van der Waals surface area (Å²) in [5.74, 6) is 1.46. The Kier molecular flexibility index (Phi) is 4.26. The normalized spacial score (nSPS) is 16.0. The summed E-state index contributed by atoms with van der Waals surface area (Å²) < 4.78 is 5.88. The molecule has 1 saturated heterocycles. The van der Waals surface area contributed by atoms with Gasteiger partial charge in [0.15, 0.2) is 0 Å². The summed E-state index contributed by atoms with van der Waals surface area (Å²) in [6.07, 6.45) is 1.82. The van der Waals surface area contributed by atoms with E-state index in [1.165, 1.54) is 0 Å². The highest BCUT2D eigenvalue weighted by Gasteiger charge is 2.33. The van der Waals surface area contributed by atoms with Crippen molar-refractivity contribution in [2.24, 2.45) is 0 Å². The van der Waals surface area contributed by atoms with E-state index in [9.17, 15) is 4.79 Å². The highest BCUT2D eigenvalue weighted by Crippen LogP contribution is 2.37. The maximum absolute atomic E-state index is 12.3. The molecule has 0 atom stereocenters. The molecule has 0 radical (unpaired) electrons. The predicted molar refractivity (Wildman–Crippen MR) is 107 cm³/mol. The van der Waals surface area contributed by atoms with Crippen LogP contribution in [0.3, 0.4) is 0 Å². The first-order valence-corrected chi connectivity index (χ1v) is 8.93. The average molecular weight is 363 g/mol. The van der Waals surface area contributed by atoms with Gasteiger partial charge < -0.3 is 4.42 Å². The van der Waals surface area contributed by atoms with Gasteiger partial charge in [0.1, 0.15) is 16.5 Å². The summed E-state index contributed by atoms with van der Waals surface area (Å²) in [7, 11) is 0. The summed E-state index contributed by atoms with van der Waals surface area (Å²) in [5, 5.41) is -0.0997. The van der Waals surface area contributed by atoms with E-state index < -0.39 is 0 Å². The van der Waals surface area contributed by atoms with Crippen molar-refractivity contribution >= 4 is 46.0 Å². The first-order chi connectivity index (χ1) is 12.2. The average Bonchev–Trinajstić information content (AvgIpc) is 3.22. The van der Waals surface area contributed by atoms with Gasteiger partial charge in [-0.3, -0.25) is 9.69 Å². The summed E-state index contributed by atoms with van der Waals surface area (Å²) in [5.41, 5.74) is 1.79. The Labute approximate surface area is 155 Å². The molecule has 25 heavy (non-hydrogen) atoms. The van der Waals surface area contributed by atoms with E-state index in [0.29, 0.717) is 10.7 Å². The van der Waals surface area contributed by atoms with E-state index in [4.69, 9.17) is 16.6 Å². The number of thiocarbonyl (C=S) groups is 1. The largest absolute Gasteiger partial charge is 0.457 e. The van der Waals surface area contributed by atoms with Crippen LogP contribution in [0.1, 0.15) is 5.76 Å². The Bertz CT molecular complexity index is 962. The van der Waals surface area contributed by atoms with Crippen molar-refractivity contribution in [3.8, 4) is 11.3 Å². The zero-order valence-corrected chi connectivity index (χ0v) is 14.7. The molecule has 3 nitrogen and oxygen atoms in total. The zero-order chi connectivity index (χ0) is 17.2. The maximum Gasteiger partial charge on any atom is 0.296 e. The van der Waals surface area contributed by atoms with Gasteiger partial charge in [-0.05, 0) is 42.1 Å². The highest BCUT2D eigenvalue weighted by atomic mass is 32.2. The third-order valence-corrected chi connectivity index (χ3v) is 5.19. The van der Waals surface area contributed by atoms with Crippen LogP contribution in [0.15, 0.2) is 82.1 Å². The lowest BCUT2D eigenvalue weighted by atomic mass is 10.2. The Balaban J connectivity index is 1.62. The number of nitrogens with zero attached hydrogens (tertiary/aromatic N) is 1. The van der Waals surface area contributed by atoms with Gasteiger partial charge in [-0.15, -0.1) is 0 Å². The molecule has 5 heteroatoms. The Morgan fingerprint density at radius 1 is 0.920 bits per heavy atom. The molecule has 1 amide bonds. The standard InChI is InChI=1S/C20H13NO2S2/c22-20-21(15-9-5-2-6-10-15)19(24)18(25-20)13-16-11-12-17(23-16)14-7-3-1-4-8-14/h1-13H/b18-13-. The topological polar surface area (TPSA) is 33.5 Å². The van der Waals surface area contributed by atoms with Gasteiger partial charge in [0.25, 0.3) is 5.24 Å². The van der Waals surface area contributed by atoms with Gasteiger partial charge >= 0.3 is 0 Å². The van der Waals surface area contributed by atoms with Crippen LogP contribution in [0.5, 0.6) is 0 Å². The molecule has 3 aromatic rings. The predicted octanol–water partition coefficient (Wildman–Crippen LogP) is 5.99. The fourth-order valence-electron chi connectivity index (χ4n) is 2.58. The van der Waals surface area contributed by atoms with Crippen LogP contribution in [0.2, 0.25) is 0 Å². The number of para-hydroxylation sites is 1. The van der Waals surface area contributed by atoms with Gasteiger partial charge in [-0.2, -0.15) is 0 Å². The van der Waals surface area contributed by atoms with Crippen LogP contribution in [0, 0.1) is 0 Å². The lowest BCUT2D eigenvalue weighted by Crippen LogP contribution is -2.26. The molecule has 0 aliphatic carbocycles. The Morgan fingerprint density at radius 3 is 2.32 bits per heavy atom. The number of benzene rings is 2. The monoisotopic (exact) mass is 363 g/mol. The summed E-state index contributed by atoms with van der Waals surface area (Å²) in [6.45, 7) is 0. The summed E-state index contributed by atoms with van der Waals surface area (Å²) in [4.78, 5) is 15.1. The minimum atomic E-state index is -0.0997. The zero-order valence-electron chi connectivity index (χ0n) is 13.1. The minimum Gasteiger partial charge on any atom is -0.457 e. The van der Waals surface area contributed by atoms with E-state index in [0.717, 1.165) is 33.7 Å². The molecule has 1 aromatic heterocycles. The van der Waals surface area contributed by atoms with Crippen LogP contribution in [0.25, 0.3) is 17.4 Å². The van der Waals surface area contributed by atoms with Crippen molar-refractivity contribution in [2.75, 3.05) is 4.90 Å². The van der Waals surface area contributed by atoms with Crippen molar-refractivity contribution in [3.05, 3.63) is 83.5 Å². The molecule has 4 rings (SSSR count). The number of carbonyl (C=O) groups excluding carboxylic acids is 1. The third-order valence-electron chi connectivity index (χ3n) is 3.77. The molecule has 0 unspecified atom stereocenters. The number of hydrogen-bond donors (Lipinski definition) is 0. The van der Waals surface area contributed by atoms with Gasteiger partial charge in [0.2, 0.25) is 0 Å². The molecule has 1 fully saturated rings. The second-order valence-corrected chi connectivity index (χ2v) is 6.80. The number of thioether (sulfide) groups is 1. The molecule has 0 spiro atoms. The third kappa shape index (κ3) is 3.16. The van der Waals surface area contributed by atoms with E-state index in [1.807, 2.05) is 78.9 Å². The number of furan rings is 1. The molecule has 122 valence electrons. The van der Waals surface area contributed by atoms with E-state index in [1.54, 1.807) is 4.90 Å². The van der Waals surface area contributed by atoms with Crippen LogP contribution in [-0.4, -0.2) is 10.2 Å². The molecule has 0 saturated carbocycles. The van der Waals surface area contributed by atoms with Crippen LogP contribution in [-0.2, 0) is 0 Å². The number of amides is 1. The van der Waals surface area contributed by atoms with Crippen molar-refractivity contribution < 1.29 is 9.21 Å². The smallest absolute Gasteiger partial charge is 0.296 e. The van der Waals surface area contributed by atoms with Gasteiger partial charge in [0.05, 0.1) is 10.6 Å². The van der Waals surface area contributed by atoms with Crippen molar-refractivity contribution in [2.45, 2.75) is 0 Å². The first-order valence-electron chi connectivity index (χ1n) is 7.70. The number of rotatable bonds is 3. The Morgan fingerprint density at radius 2 is 1.60 bits per heavy atom. The Hall–Kier alpha value is -2.63. The molecule has 2 aromatic carbocycles. The summed E-state index contributed by atoms with van der Waals surface area (Å²) >= 11 is 6.62. The SMILES string of the molecule is O=C1S/C(=C\c2ccc(-c3ccccc3)o2)C(=S)N1c1ccccc1. The first kappa shape index (κ1) is 15.9. The number of hydrogen-bond acceptors (Lipinski definition) is 4. The fraction of sp³-hybridized carbons (Fsp3) is 0. The van der Waals surface area contributed by atoms with Crippen molar-refractivity contribution in [1.82, 2.24) is 0 Å². The molecular formula is C20H13NO2S2. The maximum atomic E-state index is 12.3. The second-order valence-electron chi connectivity index (χ2n) is 5.42. The van der Waals surface area contributed by atoms with Crippen LogP contribution < -0.4 is 4.90 Å². The van der Waals surface area contributed by atoms with Crippen LogP contribution in [0.4, 0.5) is 10.5 Å². The van der Waals surface area contributed by atoms with Gasteiger partial charge in [-0.1, -0.05) is 60.7 Å². The minimum absolute atomic E-state index is 0.0997. The van der Waals surface area contributed by atoms with Gasteiger partial charge in [-0.25, -0.2) is 0 Å². The molecule has 0 N–H and O–H groups in total. The van der Waals surface area contributed by atoms with Crippen molar-refractivity contribution in [1.29, 1.82) is 0 Å². The fourth-order valence-corrected chi connectivity index (χ4v) is 3.84. The van der Waals surface area contributed by atoms with E-state index in [-0.39, 0.29) is 5.24 Å². The highest BCUT2D eigenvalue weighted by molar-refractivity contribution is 8.20. The van der Waals surface area contributed by atoms with Crippen LogP contribution >= 0.6 is 24.0 Å². The molecule has 1 aliphatic rings. The quantitative estimate of drug-likeness (QED) is 0.423. The molecule has 2 heterocycles. The van der Waals surface area contributed by atoms with E-state index in [2.05, 4.69) is 0 Å². The second kappa shape index (κ2) is 6.70. The summed E-state index contributed by atoms with van der Waals surface area (Å²) in [6, 6.07) is 23.1. The molecule has 1 aliphatic heterocycles. The van der Waals surface area contributed by atoms with E-state index >= 15 is 0 Å².